The Morgan fingerprint density at radius 1 is 1.28 bits per heavy atom. The third-order valence-electron chi connectivity index (χ3n) is 4.34. The standard InChI is InChI=1S/C19H20F2N2O2/c1-25-17-6-2-12(10-15(17)20)3-7-18(24)23-16-5-4-13-11-22-9-8-14(13)19(16)21/h2,4-6,10,22H,3,7-9,11H2,1H3,(H,23,24). The number of benzene rings is 2. The van der Waals surface area contributed by atoms with Gasteiger partial charge in [0.2, 0.25) is 5.91 Å². The maximum Gasteiger partial charge on any atom is 0.224 e. The maximum atomic E-state index is 14.5. The monoisotopic (exact) mass is 346 g/mol. The number of aryl methyl sites for hydroxylation is 1. The van der Waals surface area contributed by atoms with E-state index in [-0.39, 0.29) is 29.6 Å². The Kier molecular flexibility index (Phi) is 5.28. The molecule has 132 valence electrons. The molecule has 25 heavy (non-hydrogen) atoms. The summed E-state index contributed by atoms with van der Waals surface area (Å²) in [7, 11) is 1.40. The minimum Gasteiger partial charge on any atom is -0.494 e. The molecule has 0 aromatic heterocycles. The first-order valence-corrected chi connectivity index (χ1v) is 8.21. The predicted octanol–water partition coefficient (Wildman–Crippen LogP) is 3.19. The highest BCUT2D eigenvalue weighted by atomic mass is 19.1. The fraction of sp³-hybridized carbons (Fsp3) is 0.316. The van der Waals surface area contributed by atoms with Crippen LogP contribution in [0, 0.1) is 11.6 Å². The van der Waals surface area contributed by atoms with Crippen LogP contribution in [-0.4, -0.2) is 19.6 Å². The molecule has 0 bridgehead atoms. The van der Waals surface area contributed by atoms with Crippen LogP contribution in [0.25, 0.3) is 0 Å². The van der Waals surface area contributed by atoms with Crippen LogP contribution in [0.4, 0.5) is 14.5 Å². The second kappa shape index (κ2) is 7.61. The van der Waals surface area contributed by atoms with E-state index in [9.17, 15) is 13.6 Å². The number of anilines is 1. The quantitative estimate of drug-likeness (QED) is 0.874. The lowest BCUT2D eigenvalue weighted by Crippen LogP contribution is -2.25. The van der Waals surface area contributed by atoms with Crippen molar-refractivity contribution in [2.24, 2.45) is 0 Å². The van der Waals surface area contributed by atoms with Crippen LogP contribution in [0.2, 0.25) is 0 Å². The Balaban J connectivity index is 1.62. The van der Waals surface area contributed by atoms with Crippen LogP contribution in [-0.2, 0) is 24.2 Å². The molecule has 0 spiro atoms. The molecular weight excluding hydrogens is 326 g/mol. The number of hydrogen-bond acceptors (Lipinski definition) is 3. The lowest BCUT2D eigenvalue weighted by Gasteiger charge is -2.19. The van der Waals surface area contributed by atoms with E-state index in [1.54, 1.807) is 12.1 Å². The van der Waals surface area contributed by atoms with Gasteiger partial charge >= 0.3 is 0 Å². The van der Waals surface area contributed by atoms with Gasteiger partial charge in [0, 0.05) is 13.0 Å². The number of halogens is 2. The van der Waals surface area contributed by atoms with E-state index in [1.807, 2.05) is 6.07 Å². The predicted molar refractivity (Wildman–Crippen MR) is 91.7 cm³/mol. The molecule has 2 N–H and O–H groups in total. The second-order valence-corrected chi connectivity index (χ2v) is 6.01. The van der Waals surface area contributed by atoms with E-state index in [1.165, 1.54) is 19.2 Å². The summed E-state index contributed by atoms with van der Waals surface area (Å²) < 4.78 is 33.0. The molecule has 1 aliphatic rings. The summed E-state index contributed by atoms with van der Waals surface area (Å²) in [6, 6.07) is 8.01. The Morgan fingerprint density at radius 2 is 2.12 bits per heavy atom. The van der Waals surface area contributed by atoms with Gasteiger partial charge in [-0.15, -0.1) is 0 Å². The maximum absolute atomic E-state index is 14.5. The van der Waals surface area contributed by atoms with Gasteiger partial charge in [-0.05, 0) is 54.3 Å². The van der Waals surface area contributed by atoms with E-state index >= 15 is 0 Å². The number of carbonyl (C=O) groups is 1. The molecule has 0 saturated heterocycles. The van der Waals surface area contributed by atoms with Crippen LogP contribution < -0.4 is 15.4 Å². The van der Waals surface area contributed by atoms with Gasteiger partial charge in [-0.25, -0.2) is 8.78 Å². The highest BCUT2D eigenvalue weighted by molar-refractivity contribution is 5.91. The Hall–Kier alpha value is -2.47. The fourth-order valence-electron chi connectivity index (χ4n) is 2.97. The highest BCUT2D eigenvalue weighted by Gasteiger charge is 2.17. The van der Waals surface area contributed by atoms with Crippen LogP contribution in [0.5, 0.6) is 5.75 Å². The smallest absolute Gasteiger partial charge is 0.224 e. The zero-order chi connectivity index (χ0) is 17.8. The minimum absolute atomic E-state index is 0.143. The molecule has 0 fully saturated rings. The topological polar surface area (TPSA) is 50.4 Å². The number of ether oxygens (including phenoxy) is 1. The molecular formula is C19H20F2N2O2. The summed E-state index contributed by atoms with van der Waals surface area (Å²) >= 11 is 0. The lowest BCUT2D eigenvalue weighted by atomic mass is 9.99. The van der Waals surface area contributed by atoms with Crippen molar-refractivity contribution in [2.75, 3.05) is 19.0 Å². The van der Waals surface area contributed by atoms with E-state index in [2.05, 4.69) is 10.6 Å². The van der Waals surface area contributed by atoms with E-state index in [0.717, 1.165) is 12.1 Å². The molecule has 1 amide bonds. The number of carbonyl (C=O) groups excluding carboxylic acids is 1. The van der Waals surface area contributed by atoms with Crippen molar-refractivity contribution in [2.45, 2.75) is 25.8 Å². The van der Waals surface area contributed by atoms with Crippen molar-refractivity contribution in [1.82, 2.24) is 5.32 Å². The molecule has 0 saturated carbocycles. The van der Waals surface area contributed by atoms with Crippen molar-refractivity contribution >= 4 is 11.6 Å². The SMILES string of the molecule is COc1ccc(CCC(=O)Nc2ccc3c(c2F)CCNC3)cc1F. The summed E-state index contributed by atoms with van der Waals surface area (Å²) in [5.41, 5.74) is 2.47. The molecule has 1 heterocycles. The van der Waals surface area contributed by atoms with Crippen molar-refractivity contribution in [3.8, 4) is 5.75 Å². The van der Waals surface area contributed by atoms with Crippen molar-refractivity contribution in [3.63, 3.8) is 0 Å². The van der Waals surface area contributed by atoms with Gasteiger partial charge < -0.3 is 15.4 Å². The second-order valence-electron chi connectivity index (χ2n) is 6.01. The zero-order valence-electron chi connectivity index (χ0n) is 14.0. The average Bonchev–Trinajstić information content (AvgIpc) is 2.63. The summed E-state index contributed by atoms with van der Waals surface area (Å²) in [6.07, 6.45) is 1.11. The fourth-order valence-corrected chi connectivity index (χ4v) is 2.97. The molecule has 0 unspecified atom stereocenters. The third-order valence-corrected chi connectivity index (χ3v) is 4.34. The molecule has 0 radical (unpaired) electrons. The lowest BCUT2D eigenvalue weighted by molar-refractivity contribution is -0.116. The Bertz CT molecular complexity index is 793. The van der Waals surface area contributed by atoms with Gasteiger partial charge in [0.1, 0.15) is 5.82 Å². The molecule has 0 atom stereocenters. The van der Waals surface area contributed by atoms with Gasteiger partial charge in [-0.3, -0.25) is 4.79 Å². The molecule has 3 rings (SSSR count). The van der Waals surface area contributed by atoms with Gasteiger partial charge in [0.05, 0.1) is 12.8 Å². The Labute approximate surface area is 145 Å². The first kappa shape index (κ1) is 17.4. The van der Waals surface area contributed by atoms with Gasteiger partial charge in [0.15, 0.2) is 11.6 Å². The summed E-state index contributed by atoms with van der Waals surface area (Å²) in [5.74, 6) is -0.958. The zero-order valence-corrected chi connectivity index (χ0v) is 14.0. The first-order chi connectivity index (χ1) is 12.1. The average molecular weight is 346 g/mol. The van der Waals surface area contributed by atoms with Crippen LogP contribution in [0.3, 0.4) is 0 Å². The van der Waals surface area contributed by atoms with E-state index in [0.29, 0.717) is 30.5 Å². The first-order valence-electron chi connectivity index (χ1n) is 8.21. The molecule has 2 aromatic carbocycles. The number of hydrogen-bond donors (Lipinski definition) is 2. The highest BCUT2D eigenvalue weighted by Crippen LogP contribution is 2.25. The van der Waals surface area contributed by atoms with E-state index in [4.69, 9.17) is 4.74 Å². The molecule has 6 heteroatoms. The molecule has 2 aromatic rings. The summed E-state index contributed by atoms with van der Waals surface area (Å²) in [4.78, 5) is 12.1. The van der Waals surface area contributed by atoms with Gasteiger partial charge in [0.25, 0.3) is 0 Å². The largest absolute Gasteiger partial charge is 0.494 e. The number of nitrogens with one attached hydrogen (secondary N) is 2. The number of amides is 1. The van der Waals surface area contributed by atoms with Crippen molar-refractivity contribution in [3.05, 3.63) is 58.7 Å². The number of rotatable bonds is 5. The normalized spacial score (nSPS) is 13.2. The number of fused-ring (bicyclic) bond motifs is 1. The Morgan fingerprint density at radius 3 is 2.88 bits per heavy atom. The van der Waals surface area contributed by atoms with Crippen LogP contribution >= 0.6 is 0 Å². The number of methoxy groups -OCH3 is 1. The molecule has 4 nitrogen and oxygen atoms in total. The van der Waals surface area contributed by atoms with Gasteiger partial charge in [-0.1, -0.05) is 12.1 Å². The van der Waals surface area contributed by atoms with Gasteiger partial charge in [-0.2, -0.15) is 0 Å². The molecule has 1 aliphatic heterocycles. The van der Waals surface area contributed by atoms with Crippen molar-refractivity contribution < 1.29 is 18.3 Å². The van der Waals surface area contributed by atoms with E-state index < -0.39 is 5.82 Å². The van der Waals surface area contributed by atoms with Crippen LogP contribution in [0.1, 0.15) is 23.1 Å². The van der Waals surface area contributed by atoms with Crippen molar-refractivity contribution in [1.29, 1.82) is 0 Å². The third kappa shape index (κ3) is 3.96. The summed E-state index contributed by atoms with van der Waals surface area (Å²) in [5, 5.41) is 5.80. The minimum atomic E-state index is -0.463. The van der Waals surface area contributed by atoms with Crippen LogP contribution in [0.15, 0.2) is 30.3 Å². The molecule has 0 aliphatic carbocycles. The summed E-state index contributed by atoms with van der Waals surface area (Å²) in [6.45, 7) is 1.37.